The van der Waals surface area contributed by atoms with Gasteiger partial charge in [0.25, 0.3) is 10.0 Å². The summed E-state index contributed by atoms with van der Waals surface area (Å²) in [4.78, 5) is 14.5. The van der Waals surface area contributed by atoms with Crippen molar-refractivity contribution in [3.63, 3.8) is 0 Å². The zero-order chi connectivity index (χ0) is 54.4. The zero-order valence-corrected chi connectivity index (χ0v) is 41.9. The molecule has 0 radical (unpaired) electrons. The van der Waals surface area contributed by atoms with Crippen LogP contribution in [-0.4, -0.2) is 169 Å². The van der Waals surface area contributed by atoms with Gasteiger partial charge in [-0.25, -0.2) is 35.1 Å². The van der Waals surface area contributed by atoms with Gasteiger partial charge in [0.1, 0.15) is 38.6 Å². The van der Waals surface area contributed by atoms with E-state index in [0.29, 0.717) is 12.8 Å². The van der Waals surface area contributed by atoms with Crippen LogP contribution in [0.1, 0.15) is 77.0 Å². The van der Waals surface area contributed by atoms with Crippen LogP contribution in [0.5, 0.6) is 0 Å². The molecule has 20 atom stereocenters. The third-order valence-corrected chi connectivity index (χ3v) is 17.2. The topological polar surface area (TPSA) is 174 Å². The number of alkyl halides is 16. The smallest absolute Gasteiger partial charge is 0.330 e. The Morgan fingerprint density at radius 3 is 0.707 bits per heavy atom. The summed E-state index contributed by atoms with van der Waals surface area (Å²) in [5.74, 6) is -23.9. The van der Waals surface area contributed by atoms with Gasteiger partial charge in [-0.3, -0.25) is 42.5 Å². The molecule has 4 saturated carbocycles. The van der Waals surface area contributed by atoms with E-state index in [4.69, 9.17) is 28.5 Å². The van der Waals surface area contributed by atoms with Gasteiger partial charge in [0.05, 0.1) is 61.5 Å². The highest BCUT2D eigenvalue weighted by atomic mass is 28.2. The van der Waals surface area contributed by atoms with Gasteiger partial charge in [-0.1, -0.05) is 38.5 Å². The monoisotopic (exact) mass is 1140 g/mol. The minimum Gasteiger partial charge on any atom is -0.415 e. The molecule has 0 aromatic rings. The molecule has 14 nitrogen and oxygen atoms in total. The fraction of sp³-hybridized carbons (Fsp3) is 1.00. The van der Waals surface area contributed by atoms with E-state index in [9.17, 15) is 52.7 Å². The highest BCUT2D eigenvalue weighted by molar-refractivity contribution is 6.13. The van der Waals surface area contributed by atoms with E-state index in [1.54, 1.807) is 0 Å². The SMILES string of the molecule is FC(F)C(F)(F)COC1C(OCC(F)(F)C(F)F)C(OCC(F)(F)C(F)F)C2C3NC4NC(NC5NC(NC6NC(NC(N3)C2C1OCC(F)(F)C(F)F)C1CCCCC61)C1CCCCC51)C1CCCCC41.O[SiH2]O. The van der Waals surface area contributed by atoms with Crippen molar-refractivity contribution in [1.29, 1.82) is 0 Å². The van der Waals surface area contributed by atoms with E-state index in [2.05, 4.69) is 42.5 Å². The molecule has 5 aliphatic heterocycles. The van der Waals surface area contributed by atoms with E-state index in [-0.39, 0.29) is 60.2 Å². The highest BCUT2D eigenvalue weighted by Gasteiger charge is 2.65. The van der Waals surface area contributed by atoms with Crippen molar-refractivity contribution in [2.45, 2.75) is 200 Å². The van der Waals surface area contributed by atoms with E-state index in [1.807, 2.05) is 0 Å². The molecular weight excluding hydrogens is 1070 g/mol. The van der Waals surface area contributed by atoms with Crippen molar-refractivity contribution in [2.75, 3.05) is 26.4 Å². The molecular formula is C44H68F16N8O6Si. The van der Waals surface area contributed by atoms with Gasteiger partial charge >= 0.3 is 49.4 Å². The molecule has 8 bridgehead atoms. The second kappa shape index (κ2) is 24.3. The van der Waals surface area contributed by atoms with Gasteiger partial charge in [0.2, 0.25) is 0 Å². The number of ether oxygens (including phenoxy) is 4. The van der Waals surface area contributed by atoms with E-state index >= 15 is 17.6 Å². The Bertz CT molecular complexity index is 1720. The van der Waals surface area contributed by atoms with Crippen molar-refractivity contribution in [3.05, 3.63) is 0 Å². The fourth-order valence-corrected chi connectivity index (χ4v) is 13.9. The third kappa shape index (κ3) is 12.9. The van der Waals surface area contributed by atoms with E-state index in [0.717, 1.165) is 64.2 Å². The predicted molar refractivity (Wildman–Crippen MR) is 234 cm³/mol. The average molecular weight is 1140 g/mol. The van der Waals surface area contributed by atoms with Crippen LogP contribution in [0.25, 0.3) is 0 Å². The summed E-state index contributed by atoms with van der Waals surface area (Å²) < 4.78 is 251. The van der Waals surface area contributed by atoms with Gasteiger partial charge in [-0.2, -0.15) is 35.1 Å². The fourth-order valence-electron chi connectivity index (χ4n) is 13.9. The molecule has 4 aliphatic carbocycles. The second-order valence-corrected chi connectivity index (χ2v) is 21.9. The summed E-state index contributed by atoms with van der Waals surface area (Å²) in [7, 11) is -1.58. The van der Waals surface area contributed by atoms with E-state index < -0.39 is 147 Å². The number of halogens is 16. The number of rotatable bonds is 16. The Labute approximate surface area is 424 Å². The van der Waals surface area contributed by atoms with Gasteiger partial charge in [-0.05, 0) is 74.0 Å². The number of hydrogen-bond donors (Lipinski definition) is 10. The number of nitrogens with one attached hydrogen (secondary N) is 8. The van der Waals surface area contributed by atoms with Crippen LogP contribution in [0, 0.1) is 47.3 Å². The Balaban J connectivity index is 0.00000243. The molecule has 0 aromatic heterocycles. The Hall–Kier alpha value is -1.46. The van der Waals surface area contributed by atoms with Crippen LogP contribution in [0.3, 0.4) is 0 Å². The Morgan fingerprint density at radius 2 is 0.507 bits per heavy atom. The zero-order valence-electron chi connectivity index (χ0n) is 40.5. The van der Waals surface area contributed by atoms with Crippen LogP contribution in [0.2, 0.25) is 0 Å². The first-order valence-corrected chi connectivity index (χ1v) is 27.1. The number of fused-ring (bicyclic) bond motifs is 20. The summed E-state index contributed by atoms with van der Waals surface area (Å²) in [6.07, 6.45) is -23.8. The third-order valence-electron chi connectivity index (χ3n) is 17.2. The van der Waals surface area contributed by atoms with Gasteiger partial charge in [0.15, 0.2) is 0 Å². The van der Waals surface area contributed by atoms with Crippen LogP contribution in [-0.2, 0) is 18.9 Å². The Morgan fingerprint density at radius 1 is 0.333 bits per heavy atom. The maximum atomic E-state index is 15.0. The lowest BCUT2D eigenvalue weighted by molar-refractivity contribution is -0.290. The Kier molecular flexibility index (Phi) is 19.3. The minimum atomic E-state index is -5.14. The lowest BCUT2D eigenvalue weighted by atomic mass is 9.71. The van der Waals surface area contributed by atoms with Crippen molar-refractivity contribution in [2.24, 2.45) is 47.3 Å². The summed E-state index contributed by atoms with van der Waals surface area (Å²) in [6, 6.07) is 0. The molecule has 10 N–H and O–H groups in total. The van der Waals surface area contributed by atoms with E-state index in [1.165, 1.54) is 0 Å². The van der Waals surface area contributed by atoms with Crippen molar-refractivity contribution in [1.82, 2.24) is 42.5 Å². The molecule has 0 spiro atoms. The van der Waals surface area contributed by atoms with Gasteiger partial charge < -0.3 is 28.5 Å². The second-order valence-electron chi connectivity index (χ2n) is 21.6. The summed E-state index contributed by atoms with van der Waals surface area (Å²) in [5.41, 5.74) is 0. The molecule has 31 heteroatoms. The first-order valence-electron chi connectivity index (χ1n) is 25.8. The normalized spacial score (nSPS) is 41.4. The minimum absolute atomic E-state index is 0.0488. The summed E-state index contributed by atoms with van der Waals surface area (Å²) in [5, 5.41) is 28.7. The predicted octanol–water partition coefficient (Wildman–Crippen LogP) is 4.16. The number of hydrogen-bond acceptors (Lipinski definition) is 14. The largest absolute Gasteiger partial charge is 0.415 e. The molecule has 20 unspecified atom stereocenters. The van der Waals surface area contributed by atoms with Crippen LogP contribution >= 0.6 is 0 Å². The summed E-state index contributed by atoms with van der Waals surface area (Å²) >= 11 is 0. The molecule has 75 heavy (non-hydrogen) atoms. The summed E-state index contributed by atoms with van der Waals surface area (Å²) in [6.45, 7) is -9.33. The molecule has 0 amide bonds. The standard InChI is InChI=1S/C44H64F16N8O4.H4O2Si/c45-37(46)41(53,54)13-69-25-23-24(26(70-14-42(55,56)38(47)48)28(72-16-44(59,60)40(51)52)27(25)71-15-43(57,58)39(49)50)36-67-34-22-12-6-4-10-20(22)32(65-34)63-30-18-8-2-1-7-17(18)29(61-30)62-31-19-9-3-5-11-21(19)33(64-31)66-35(23)68-36;1-3-2/h17-40,61-68H,1-16H2;1-2H,3H2. The first kappa shape index (κ1) is 59.7. The van der Waals surface area contributed by atoms with Crippen LogP contribution in [0.15, 0.2) is 0 Å². The van der Waals surface area contributed by atoms with Gasteiger partial charge in [-0.15, -0.1) is 0 Å². The van der Waals surface area contributed by atoms with Gasteiger partial charge in [0, 0.05) is 11.8 Å². The lowest BCUT2D eigenvalue weighted by Gasteiger charge is -2.51. The molecule has 0 aromatic carbocycles. The molecule has 9 aliphatic rings. The van der Waals surface area contributed by atoms with Crippen molar-refractivity contribution < 1.29 is 98.8 Å². The molecule has 9 fully saturated rings. The lowest BCUT2D eigenvalue weighted by Crippen LogP contribution is -2.67. The molecule has 5 heterocycles. The molecule has 9 rings (SSSR count). The maximum absolute atomic E-state index is 15.0. The van der Waals surface area contributed by atoms with Crippen molar-refractivity contribution in [3.8, 4) is 0 Å². The highest BCUT2D eigenvalue weighted by Crippen LogP contribution is 2.49. The quantitative estimate of drug-likeness (QED) is 0.0790. The van der Waals surface area contributed by atoms with Crippen LogP contribution < -0.4 is 42.5 Å². The molecule has 5 saturated heterocycles. The van der Waals surface area contributed by atoms with Crippen LogP contribution in [0.4, 0.5) is 70.2 Å². The van der Waals surface area contributed by atoms with Crippen molar-refractivity contribution >= 4 is 10.0 Å². The molecule has 436 valence electrons. The first-order chi connectivity index (χ1) is 35.4. The maximum Gasteiger partial charge on any atom is 0.330 e. The average Bonchev–Trinajstić information content (AvgIpc) is 4.10.